The molecule has 2 rings (SSSR count). The summed E-state index contributed by atoms with van der Waals surface area (Å²) in [4.78, 5) is 0.873. The van der Waals surface area contributed by atoms with E-state index in [9.17, 15) is 0 Å². The van der Waals surface area contributed by atoms with Crippen molar-refractivity contribution in [3.05, 3.63) is 48.5 Å². The molecule has 0 radical (unpaired) electrons. The zero-order chi connectivity index (χ0) is 11.5. The van der Waals surface area contributed by atoms with E-state index < -0.39 is 0 Å². The maximum atomic E-state index is 5.67. The van der Waals surface area contributed by atoms with E-state index in [0.717, 1.165) is 16.1 Å². The molecule has 0 saturated carbocycles. The van der Waals surface area contributed by atoms with Crippen LogP contribution >= 0.6 is 35.5 Å². The summed E-state index contributed by atoms with van der Waals surface area (Å²) in [5.41, 5.74) is 3.23. The van der Waals surface area contributed by atoms with Gasteiger partial charge in [0.25, 0.3) is 0 Å². The second kappa shape index (κ2) is 5.07. The van der Waals surface area contributed by atoms with Crippen molar-refractivity contribution in [1.29, 1.82) is 0 Å². The van der Waals surface area contributed by atoms with E-state index >= 15 is 0 Å². The van der Waals surface area contributed by atoms with Crippen molar-refractivity contribution in [3.8, 4) is 11.1 Å². The smallest absolute Gasteiger partial charge is 0.0765 e. The monoisotopic (exact) mass is 342 g/mol. The molecule has 0 bridgehead atoms. The average Bonchev–Trinajstić information content (AvgIpc) is 2.29. The SMILES string of the molecule is NN(I)c1ccc(-c2ccccc2)cc1S. The Morgan fingerprint density at radius 3 is 2.25 bits per heavy atom. The molecule has 2 nitrogen and oxygen atoms in total. The van der Waals surface area contributed by atoms with E-state index in [-0.39, 0.29) is 0 Å². The molecule has 82 valence electrons. The number of rotatable bonds is 2. The van der Waals surface area contributed by atoms with Crippen LogP contribution in [-0.4, -0.2) is 0 Å². The zero-order valence-electron chi connectivity index (χ0n) is 8.47. The molecule has 2 N–H and O–H groups in total. The van der Waals surface area contributed by atoms with Crippen LogP contribution in [0.1, 0.15) is 0 Å². The summed E-state index contributed by atoms with van der Waals surface area (Å²) in [5.74, 6) is 5.67. The Hall–Kier alpha value is -0.720. The number of hydrogen-bond acceptors (Lipinski definition) is 3. The minimum absolute atomic E-state index is 0.873. The highest BCUT2D eigenvalue weighted by atomic mass is 127. The molecule has 0 atom stereocenters. The summed E-state index contributed by atoms with van der Waals surface area (Å²) in [6.45, 7) is 0. The van der Waals surface area contributed by atoms with Crippen molar-refractivity contribution < 1.29 is 0 Å². The number of benzene rings is 2. The van der Waals surface area contributed by atoms with Crippen molar-refractivity contribution in [3.63, 3.8) is 0 Å². The fraction of sp³-hybridized carbons (Fsp3) is 0. The summed E-state index contributed by atoms with van der Waals surface area (Å²) >= 11 is 6.45. The van der Waals surface area contributed by atoms with Crippen molar-refractivity contribution in [2.45, 2.75) is 4.90 Å². The number of nitrogens with two attached hydrogens (primary N) is 1. The van der Waals surface area contributed by atoms with E-state index in [1.54, 1.807) is 0 Å². The van der Waals surface area contributed by atoms with Crippen LogP contribution in [0.2, 0.25) is 0 Å². The molecule has 16 heavy (non-hydrogen) atoms. The first kappa shape index (κ1) is 11.8. The van der Waals surface area contributed by atoms with Gasteiger partial charge in [-0.1, -0.05) is 36.4 Å². The highest BCUT2D eigenvalue weighted by molar-refractivity contribution is 14.1. The van der Waals surface area contributed by atoms with E-state index in [1.807, 2.05) is 59.3 Å². The molecule has 2 aromatic rings. The molecule has 0 saturated heterocycles. The topological polar surface area (TPSA) is 29.3 Å². The third kappa shape index (κ3) is 2.50. The molecule has 0 spiro atoms. The highest BCUT2D eigenvalue weighted by Gasteiger charge is 2.05. The average molecular weight is 342 g/mol. The van der Waals surface area contributed by atoms with Gasteiger partial charge in [0.2, 0.25) is 0 Å². The van der Waals surface area contributed by atoms with E-state index in [1.165, 1.54) is 8.79 Å². The Kier molecular flexibility index (Phi) is 3.73. The predicted octanol–water partition coefficient (Wildman–Crippen LogP) is 3.67. The lowest BCUT2D eigenvalue weighted by Crippen LogP contribution is -2.17. The largest absolute Gasteiger partial charge is 0.250 e. The van der Waals surface area contributed by atoms with Gasteiger partial charge in [-0.3, -0.25) is 0 Å². The number of thiol groups is 1. The molecule has 0 unspecified atom stereocenters. The van der Waals surface area contributed by atoms with Crippen molar-refractivity contribution in [2.75, 3.05) is 3.22 Å². The lowest BCUT2D eigenvalue weighted by atomic mass is 10.1. The number of nitrogens with zero attached hydrogens (tertiary/aromatic N) is 1. The summed E-state index contributed by atoms with van der Waals surface area (Å²) < 4.78 is 1.54. The quantitative estimate of drug-likeness (QED) is 0.287. The Morgan fingerprint density at radius 1 is 1.00 bits per heavy atom. The molecule has 2 aromatic carbocycles. The van der Waals surface area contributed by atoms with Crippen LogP contribution in [0.25, 0.3) is 11.1 Å². The minimum atomic E-state index is 0.873. The van der Waals surface area contributed by atoms with Gasteiger partial charge in [0, 0.05) is 4.90 Å². The van der Waals surface area contributed by atoms with E-state index in [4.69, 9.17) is 5.84 Å². The van der Waals surface area contributed by atoms with Gasteiger partial charge >= 0.3 is 0 Å². The van der Waals surface area contributed by atoms with Crippen LogP contribution in [0.3, 0.4) is 0 Å². The van der Waals surface area contributed by atoms with Crippen LogP contribution in [0.5, 0.6) is 0 Å². The van der Waals surface area contributed by atoms with Crippen molar-refractivity contribution in [2.24, 2.45) is 5.84 Å². The maximum absolute atomic E-state index is 5.67. The second-order valence-corrected chi connectivity index (χ2v) is 4.90. The number of hydrazine groups is 1. The molecule has 0 amide bonds. The molecule has 0 heterocycles. The third-order valence-corrected chi connectivity index (χ3v) is 3.19. The summed E-state index contributed by atoms with van der Waals surface area (Å²) in [6.07, 6.45) is 0. The fourth-order valence-corrected chi connectivity index (χ4v) is 2.45. The van der Waals surface area contributed by atoms with Gasteiger partial charge in [-0.25, -0.2) is 9.06 Å². The molecule has 0 aromatic heterocycles. The first-order chi connectivity index (χ1) is 7.68. The van der Waals surface area contributed by atoms with Gasteiger partial charge in [0.1, 0.15) is 0 Å². The Labute approximate surface area is 114 Å². The van der Waals surface area contributed by atoms with Gasteiger partial charge < -0.3 is 0 Å². The lowest BCUT2D eigenvalue weighted by molar-refractivity contribution is 1.21. The molecule has 0 fully saturated rings. The van der Waals surface area contributed by atoms with Crippen molar-refractivity contribution >= 4 is 41.2 Å². The normalized spacial score (nSPS) is 10.2. The van der Waals surface area contributed by atoms with Gasteiger partial charge in [-0.15, -0.1) is 12.6 Å². The highest BCUT2D eigenvalue weighted by Crippen LogP contribution is 2.29. The molecule has 4 heteroatoms. The first-order valence-electron chi connectivity index (χ1n) is 4.77. The van der Waals surface area contributed by atoms with Gasteiger partial charge in [-0.2, -0.15) is 0 Å². The lowest BCUT2D eigenvalue weighted by Gasteiger charge is -2.13. The number of anilines is 1. The van der Waals surface area contributed by atoms with Gasteiger partial charge in [0.05, 0.1) is 28.6 Å². The molecular formula is C12H11IN2S. The maximum Gasteiger partial charge on any atom is 0.0765 e. The Morgan fingerprint density at radius 2 is 1.69 bits per heavy atom. The predicted molar refractivity (Wildman–Crippen MR) is 79.8 cm³/mol. The second-order valence-electron chi connectivity index (χ2n) is 3.38. The summed E-state index contributed by atoms with van der Waals surface area (Å²) in [7, 11) is 0. The number of halogens is 1. The third-order valence-electron chi connectivity index (χ3n) is 2.31. The Bertz CT molecular complexity index is 486. The standard InChI is InChI=1S/C12H11IN2S/c13-15(14)11-7-6-10(8-12(11)16)9-4-2-1-3-5-9/h1-8,16H,14H2. The van der Waals surface area contributed by atoms with Crippen LogP contribution in [0.15, 0.2) is 53.4 Å². The molecule has 0 aliphatic heterocycles. The molecular weight excluding hydrogens is 331 g/mol. The van der Waals surface area contributed by atoms with Crippen molar-refractivity contribution in [1.82, 2.24) is 0 Å². The van der Waals surface area contributed by atoms with Crippen LogP contribution in [0, 0.1) is 0 Å². The van der Waals surface area contributed by atoms with Crippen LogP contribution in [0.4, 0.5) is 5.69 Å². The van der Waals surface area contributed by atoms with Crippen LogP contribution in [-0.2, 0) is 0 Å². The molecule has 0 aliphatic carbocycles. The summed E-state index contributed by atoms with van der Waals surface area (Å²) in [6, 6.07) is 16.2. The van der Waals surface area contributed by atoms with Gasteiger partial charge in [-0.05, 0) is 23.3 Å². The van der Waals surface area contributed by atoms with E-state index in [0.29, 0.717) is 0 Å². The minimum Gasteiger partial charge on any atom is -0.250 e. The zero-order valence-corrected chi connectivity index (χ0v) is 11.5. The Balaban J connectivity index is 2.43. The van der Waals surface area contributed by atoms with Crippen LogP contribution < -0.4 is 9.06 Å². The number of hydrogen-bond donors (Lipinski definition) is 2. The fourth-order valence-electron chi connectivity index (χ4n) is 1.51. The molecule has 0 aliphatic rings. The summed E-state index contributed by atoms with van der Waals surface area (Å²) in [5, 5.41) is 0. The van der Waals surface area contributed by atoms with E-state index in [2.05, 4.69) is 24.8 Å². The first-order valence-corrected chi connectivity index (χ1v) is 6.19. The van der Waals surface area contributed by atoms with Gasteiger partial charge in [0.15, 0.2) is 0 Å².